The van der Waals surface area contributed by atoms with Crippen molar-refractivity contribution in [2.45, 2.75) is 6.42 Å². The summed E-state index contributed by atoms with van der Waals surface area (Å²) in [5, 5.41) is 3.46. The molecule has 0 aliphatic heterocycles. The summed E-state index contributed by atoms with van der Waals surface area (Å²) < 4.78 is 9.37. The molecule has 116 valence electrons. The smallest absolute Gasteiger partial charge is 0.231 e. The van der Waals surface area contributed by atoms with Gasteiger partial charge in [-0.25, -0.2) is 4.98 Å². The van der Waals surface area contributed by atoms with Crippen LogP contribution in [0.1, 0.15) is 5.01 Å². The monoisotopic (exact) mass is 326 g/mol. The number of hydrogen-bond donors (Lipinski definition) is 1. The Morgan fingerprint density at radius 2 is 2.17 bits per heavy atom. The summed E-state index contributed by atoms with van der Waals surface area (Å²) in [4.78, 5) is 20.6. The number of anilines is 1. The van der Waals surface area contributed by atoms with Gasteiger partial charge in [0.05, 0.1) is 13.5 Å². The lowest BCUT2D eigenvalue weighted by Gasteiger charge is -2.05. The number of benzene rings is 1. The molecular weight excluding hydrogens is 312 g/mol. The van der Waals surface area contributed by atoms with E-state index in [2.05, 4.69) is 19.7 Å². The average Bonchev–Trinajstić information content (AvgIpc) is 3.04. The first kappa shape index (κ1) is 15.1. The average molecular weight is 326 g/mol. The van der Waals surface area contributed by atoms with Crippen molar-refractivity contribution in [1.29, 1.82) is 0 Å². The molecule has 6 nitrogen and oxygen atoms in total. The van der Waals surface area contributed by atoms with Crippen molar-refractivity contribution in [2.75, 3.05) is 12.4 Å². The Kier molecular flexibility index (Phi) is 4.58. The van der Waals surface area contributed by atoms with E-state index >= 15 is 0 Å². The number of rotatable bonds is 5. The van der Waals surface area contributed by atoms with Gasteiger partial charge >= 0.3 is 0 Å². The van der Waals surface area contributed by atoms with E-state index in [1.54, 1.807) is 25.4 Å². The van der Waals surface area contributed by atoms with E-state index in [4.69, 9.17) is 4.74 Å². The molecule has 0 atom stereocenters. The zero-order valence-corrected chi connectivity index (χ0v) is 13.2. The van der Waals surface area contributed by atoms with Gasteiger partial charge < -0.3 is 10.1 Å². The number of pyridine rings is 1. The van der Waals surface area contributed by atoms with Gasteiger partial charge in [0, 0.05) is 18.0 Å². The number of amides is 1. The van der Waals surface area contributed by atoms with Crippen LogP contribution in [0.5, 0.6) is 5.75 Å². The molecule has 2 heterocycles. The van der Waals surface area contributed by atoms with E-state index in [0.717, 1.165) is 0 Å². The molecule has 0 bridgehead atoms. The van der Waals surface area contributed by atoms with Crippen molar-refractivity contribution in [3.8, 4) is 17.3 Å². The summed E-state index contributed by atoms with van der Waals surface area (Å²) >= 11 is 1.20. The van der Waals surface area contributed by atoms with Crippen LogP contribution in [-0.2, 0) is 11.2 Å². The topological polar surface area (TPSA) is 77.0 Å². The molecule has 1 N–H and O–H groups in total. The maximum atomic E-state index is 12.1. The Morgan fingerprint density at radius 1 is 1.26 bits per heavy atom. The Balaban J connectivity index is 1.65. The molecule has 0 unspecified atom stereocenters. The van der Waals surface area contributed by atoms with Crippen LogP contribution in [0, 0.1) is 0 Å². The van der Waals surface area contributed by atoms with Crippen molar-refractivity contribution in [1.82, 2.24) is 14.3 Å². The van der Waals surface area contributed by atoms with Crippen LogP contribution in [0.4, 0.5) is 5.69 Å². The predicted molar refractivity (Wildman–Crippen MR) is 88.5 cm³/mol. The molecule has 7 heteroatoms. The zero-order chi connectivity index (χ0) is 16.1. The highest BCUT2D eigenvalue weighted by Crippen LogP contribution is 2.18. The summed E-state index contributed by atoms with van der Waals surface area (Å²) in [6.45, 7) is 0. The fourth-order valence-electron chi connectivity index (χ4n) is 1.97. The second kappa shape index (κ2) is 6.97. The van der Waals surface area contributed by atoms with Gasteiger partial charge in [-0.3, -0.25) is 9.78 Å². The molecule has 3 aromatic rings. The van der Waals surface area contributed by atoms with E-state index in [0.29, 0.717) is 28.0 Å². The lowest BCUT2D eigenvalue weighted by atomic mass is 10.3. The van der Waals surface area contributed by atoms with Gasteiger partial charge in [0.2, 0.25) is 5.91 Å². The summed E-state index contributed by atoms with van der Waals surface area (Å²) in [6, 6.07) is 12.7. The van der Waals surface area contributed by atoms with Gasteiger partial charge in [0.25, 0.3) is 0 Å². The van der Waals surface area contributed by atoms with Gasteiger partial charge in [-0.2, -0.15) is 4.37 Å². The molecule has 0 aliphatic carbocycles. The quantitative estimate of drug-likeness (QED) is 0.780. The van der Waals surface area contributed by atoms with E-state index in [-0.39, 0.29) is 12.3 Å². The molecule has 23 heavy (non-hydrogen) atoms. The highest BCUT2D eigenvalue weighted by Gasteiger charge is 2.11. The highest BCUT2D eigenvalue weighted by atomic mass is 32.1. The molecule has 0 spiro atoms. The minimum Gasteiger partial charge on any atom is -0.497 e. The van der Waals surface area contributed by atoms with Crippen LogP contribution in [0.25, 0.3) is 11.5 Å². The van der Waals surface area contributed by atoms with Crippen LogP contribution in [0.15, 0.2) is 48.7 Å². The lowest BCUT2D eigenvalue weighted by Crippen LogP contribution is -2.14. The molecule has 1 aromatic carbocycles. The normalized spacial score (nSPS) is 10.3. The standard InChI is InChI=1S/C16H14N4O2S/c1-22-12-6-4-5-11(9-12)18-14(21)10-15-19-16(20-23-15)13-7-2-3-8-17-13/h2-9H,10H2,1H3,(H,18,21). The van der Waals surface area contributed by atoms with E-state index in [1.807, 2.05) is 30.3 Å². The first-order chi connectivity index (χ1) is 11.2. The first-order valence-corrected chi connectivity index (χ1v) is 7.70. The fourth-order valence-corrected chi connectivity index (χ4v) is 2.62. The van der Waals surface area contributed by atoms with E-state index in [1.165, 1.54) is 11.5 Å². The Bertz CT molecular complexity index is 805. The molecule has 2 aromatic heterocycles. The number of carbonyl (C=O) groups is 1. The van der Waals surface area contributed by atoms with Gasteiger partial charge in [0.1, 0.15) is 16.5 Å². The Hall–Kier alpha value is -2.80. The van der Waals surface area contributed by atoms with Gasteiger partial charge in [-0.1, -0.05) is 12.1 Å². The first-order valence-electron chi connectivity index (χ1n) is 6.92. The number of carbonyl (C=O) groups excluding carboxylic acids is 1. The van der Waals surface area contributed by atoms with Gasteiger partial charge in [-0.05, 0) is 35.8 Å². The molecule has 0 saturated carbocycles. The Labute approximate surface area is 137 Å². The van der Waals surface area contributed by atoms with Gasteiger partial charge in [-0.15, -0.1) is 0 Å². The molecule has 0 aliphatic rings. The minimum absolute atomic E-state index is 0.151. The van der Waals surface area contributed by atoms with E-state index < -0.39 is 0 Å². The number of hydrogen-bond acceptors (Lipinski definition) is 6. The molecule has 3 rings (SSSR count). The van der Waals surface area contributed by atoms with Crippen molar-refractivity contribution in [3.05, 3.63) is 53.7 Å². The van der Waals surface area contributed by atoms with Crippen LogP contribution >= 0.6 is 11.5 Å². The Morgan fingerprint density at radius 3 is 2.96 bits per heavy atom. The summed E-state index contributed by atoms with van der Waals surface area (Å²) in [6.07, 6.45) is 1.85. The van der Waals surface area contributed by atoms with Crippen LogP contribution in [-0.4, -0.2) is 27.4 Å². The second-order valence-corrected chi connectivity index (χ2v) is 5.52. The zero-order valence-electron chi connectivity index (χ0n) is 12.4. The summed E-state index contributed by atoms with van der Waals surface area (Å²) in [7, 11) is 1.58. The third kappa shape index (κ3) is 3.89. The van der Waals surface area contributed by atoms with Crippen molar-refractivity contribution in [3.63, 3.8) is 0 Å². The lowest BCUT2D eigenvalue weighted by molar-refractivity contribution is -0.115. The van der Waals surface area contributed by atoms with E-state index in [9.17, 15) is 4.79 Å². The largest absolute Gasteiger partial charge is 0.497 e. The molecule has 0 fully saturated rings. The molecular formula is C16H14N4O2S. The third-order valence-corrected chi connectivity index (χ3v) is 3.74. The number of methoxy groups -OCH3 is 1. The number of nitrogens with one attached hydrogen (secondary N) is 1. The van der Waals surface area contributed by atoms with Crippen LogP contribution in [0.2, 0.25) is 0 Å². The molecule has 0 saturated heterocycles. The SMILES string of the molecule is COc1cccc(NC(=O)Cc2nc(-c3ccccn3)ns2)c1. The molecule has 0 radical (unpaired) electrons. The predicted octanol–water partition coefficient (Wildman–Crippen LogP) is 2.79. The minimum atomic E-state index is -0.151. The summed E-state index contributed by atoms with van der Waals surface area (Å²) in [5.74, 6) is 1.08. The van der Waals surface area contributed by atoms with Crippen molar-refractivity contribution in [2.24, 2.45) is 0 Å². The van der Waals surface area contributed by atoms with Crippen LogP contribution in [0.3, 0.4) is 0 Å². The maximum Gasteiger partial charge on any atom is 0.231 e. The van der Waals surface area contributed by atoms with Crippen molar-refractivity contribution < 1.29 is 9.53 Å². The highest BCUT2D eigenvalue weighted by molar-refractivity contribution is 7.05. The number of aromatic nitrogens is 3. The van der Waals surface area contributed by atoms with Crippen LogP contribution < -0.4 is 10.1 Å². The second-order valence-electron chi connectivity index (χ2n) is 4.68. The van der Waals surface area contributed by atoms with Gasteiger partial charge in [0.15, 0.2) is 5.82 Å². The summed E-state index contributed by atoms with van der Waals surface area (Å²) in [5.41, 5.74) is 1.38. The third-order valence-electron chi connectivity index (χ3n) is 3.03. The molecule has 1 amide bonds. The van der Waals surface area contributed by atoms with Crippen molar-refractivity contribution >= 4 is 23.1 Å². The number of ether oxygens (including phenoxy) is 1. The fraction of sp³-hybridized carbons (Fsp3) is 0.125. The maximum absolute atomic E-state index is 12.1. The number of nitrogens with zero attached hydrogens (tertiary/aromatic N) is 3.